The van der Waals surface area contributed by atoms with Crippen LogP contribution in [0.1, 0.15) is 32.1 Å². The van der Waals surface area contributed by atoms with Gasteiger partial charge in [0.2, 0.25) is 0 Å². The molecule has 0 unspecified atom stereocenters. The third-order valence-corrected chi connectivity index (χ3v) is 4.07. The van der Waals surface area contributed by atoms with E-state index in [2.05, 4.69) is 5.32 Å². The van der Waals surface area contributed by atoms with Crippen molar-refractivity contribution in [1.82, 2.24) is 0 Å². The molecule has 1 rings (SSSR count). The normalized spacial score (nSPS) is 11.2. The predicted octanol–water partition coefficient (Wildman–Crippen LogP) is 2.54. The number of nitrogens with one attached hydrogen (secondary N) is 1. The quantitative estimate of drug-likeness (QED) is 0.685. The Morgan fingerprint density at radius 3 is 2.45 bits per heavy atom. The molecule has 0 bridgehead atoms. The summed E-state index contributed by atoms with van der Waals surface area (Å²) in [5.74, 6) is -0.759. The number of rotatable bonds is 9. The Morgan fingerprint density at radius 2 is 1.80 bits per heavy atom. The van der Waals surface area contributed by atoms with Crippen LogP contribution in [0.4, 0.5) is 5.69 Å². The molecular formula is C14H21NO4S. The van der Waals surface area contributed by atoms with E-state index in [1.165, 1.54) is 6.26 Å². The van der Waals surface area contributed by atoms with Gasteiger partial charge in [-0.3, -0.25) is 4.79 Å². The predicted molar refractivity (Wildman–Crippen MR) is 78.8 cm³/mol. The van der Waals surface area contributed by atoms with Gasteiger partial charge in [-0.2, -0.15) is 0 Å². The third-order valence-electron chi connectivity index (χ3n) is 2.92. The maximum atomic E-state index is 11.6. The van der Waals surface area contributed by atoms with E-state index in [1.54, 1.807) is 24.3 Å². The first kappa shape index (κ1) is 16.5. The molecule has 5 nitrogen and oxygen atoms in total. The molecule has 0 fully saturated rings. The molecule has 1 aromatic rings. The molecule has 0 amide bonds. The minimum Gasteiger partial charge on any atom is -0.481 e. The highest BCUT2D eigenvalue weighted by Crippen LogP contribution is 2.20. The highest BCUT2D eigenvalue weighted by Gasteiger charge is 2.11. The molecular weight excluding hydrogens is 278 g/mol. The van der Waals surface area contributed by atoms with Gasteiger partial charge in [-0.25, -0.2) is 8.42 Å². The highest BCUT2D eigenvalue weighted by atomic mass is 32.2. The second-order valence-corrected chi connectivity index (χ2v) is 6.74. The zero-order valence-electron chi connectivity index (χ0n) is 11.6. The minimum atomic E-state index is -3.22. The first-order valence-electron chi connectivity index (χ1n) is 6.66. The number of carboxylic acid groups (broad SMARTS) is 1. The first-order valence-corrected chi connectivity index (χ1v) is 8.55. The molecule has 0 spiro atoms. The first-order chi connectivity index (χ1) is 9.41. The smallest absolute Gasteiger partial charge is 0.303 e. The van der Waals surface area contributed by atoms with Crippen molar-refractivity contribution in [3.63, 3.8) is 0 Å². The number of hydrogen-bond acceptors (Lipinski definition) is 4. The lowest BCUT2D eigenvalue weighted by atomic mass is 10.1. The second kappa shape index (κ2) is 7.89. The number of carbonyl (C=O) groups is 1. The number of sulfone groups is 1. The summed E-state index contributed by atoms with van der Waals surface area (Å²) in [6, 6.07) is 6.84. The largest absolute Gasteiger partial charge is 0.481 e. The molecule has 0 aliphatic heterocycles. The second-order valence-electron chi connectivity index (χ2n) is 4.75. The molecule has 0 radical (unpaired) electrons. The van der Waals surface area contributed by atoms with Crippen molar-refractivity contribution < 1.29 is 18.3 Å². The fraction of sp³-hybridized carbons (Fsp3) is 0.500. The fourth-order valence-corrected chi connectivity index (χ4v) is 2.78. The molecule has 0 aliphatic rings. The maximum absolute atomic E-state index is 11.6. The van der Waals surface area contributed by atoms with Crippen molar-refractivity contribution in [3.05, 3.63) is 24.3 Å². The van der Waals surface area contributed by atoms with Crippen molar-refractivity contribution in [2.75, 3.05) is 18.1 Å². The molecule has 1 aromatic carbocycles. The minimum absolute atomic E-state index is 0.213. The van der Waals surface area contributed by atoms with Gasteiger partial charge >= 0.3 is 5.97 Å². The molecule has 0 aliphatic carbocycles. The Bertz CT molecular complexity index is 540. The molecule has 0 saturated carbocycles. The lowest BCUT2D eigenvalue weighted by Crippen LogP contribution is -2.07. The standard InChI is InChI=1S/C14H21NO4S/c1-20(18,19)13-9-6-5-8-12(13)15-11-7-3-2-4-10-14(16)17/h5-6,8-9,15H,2-4,7,10-11H2,1H3,(H,16,17). The number of para-hydroxylation sites is 1. The van der Waals surface area contributed by atoms with Crippen molar-refractivity contribution in [2.24, 2.45) is 0 Å². The maximum Gasteiger partial charge on any atom is 0.303 e. The Labute approximate surface area is 119 Å². The van der Waals surface area contributed by atoms with Gasteiger partial charge in [-0.15, -0.1) is 0 Å². The lowest BCUT2D eigenvalue weighted by molar-refractivity contribution is -0.137. The summed E-state index contributed by atoms with van der Waals surface area (Å²) in [7, 11) is -3.22. The topological polar surface area (TPSA) is 83.5 Å². The number of aliphatic carboxylic acids is 1. The monoisotopic (exact) mass is 299 g/mol. The Balaban J connectivity index is 2.34. The van der Waals surface area contributed by atoms with E-state index in [4.69, 9.17) is 5.11 Å². The van der Waals surface area contributed by atoms with Gasteiger partial charge in [0.1, 0.15) is 0 Å². The zero-order valence-corrected chi connectivity index (χ0v) is 12.4. The van der Waals surface area contributed by atoms with Crippen molar-refractivity contribution >= 4 is 21.5 Å². The van der Waals surface area contributed by atoms with Crippen LogP contribution in [0, 0.1) is 0 Å². The summed E-state index contributed by atoms with van der Waals surface area (Å²) in [6.07, 6.45) is 4.79. The van der Waals surface area contributed by atoms with E-state index in [0.29, 0.717) is 23.5 Å². The Hall–Kier alpha value is -1.56. The van der Waals surface area contributed by atoms with Crippen molar-refractivity contribution in [2.45, 2.75) is 37.0 Å². The van der Waals surface area contributed by atoms with Gasteiger partial charge in [-0.05, 0) is 25.0 Å². The van der Waals surface area contributed by atoms with Gasteiger partial charge in [0.25, 0.3) is 0 Å². The van der Waals surface area contributed by atoms with Crippen LogP contribution in [0.3, 0.4) is 0 Å². The van der Waals surface area contributed by atoms with Crippen LogP contribution < -0.4 is 5.32 Å². The molecule has 0 heterocycles. The lowest BCUT2D eigenvalue weighted by Gasteiger charge is -2.10. The fourth-order valence-electron chi connectivity index (χ4n) is 1.91. The number of unbranched alkanes of at least 4 members (excludes halogenated alkanes) is 3. The molecule has 6 heteroatoms. The summed E-state index contributed by atoms with van der Waals surface area (Å²) in [4.78, 5) is 10.6. The van der Waals surface area contributed by atoms with E-state index < -0.39 is 15.8 Å². The number of benzene rings is 1. The van der Waals surface area contributed by atoms with E-state index in [0.717, 1.165) is 19.3 Å². The van der Waals surface area contributed by atoms with Gasteiger partial charge in [0.05, 0.1) is 10.6 Å². The van der Waals surface area contributed by atoms with Gasteiger partial charge in [-0.1, -0.05) is 25.0 Å². The Morgan fingerprint density at radius 1 is 1.15 bits per heavy atom. The van der Waals surface area contributed by atoms with Crippen LogP contribution >= 0.6 is 0 Å². The van der Waals surface area contributed by atoms with Crippen molar-refractivity contribution in [3.8, 4) is 0 Å². The summed E-state index contributed by atoms with van der Waals surface area (Å²) < 4.78 is 23.2. The Kier molecular flexibility index (Phi) is 6.51. The van der Waals surface area contributed by atoms with Gasteiger partial charge in [0.15, 0.2) is 9.84 Å². The average Bonchev–Trinajstić information content (AvgIpc) is 2.36. The molecule has 20 heavy (non-hydrogen) atoms. The van der Waals surface area contributed by atoms with Crippen LogP contribution in [0.15, 0.2) is 29.2 Å². The van der Waals surface area contributed by atoms with Crippen LogP contribution in [0.5, 0.6) is 0 Å². The van der Waals surface area contributed by atoms with Crippen molar-refractivity contribution in [1.29, 1.82) is 0 Å². The van der Waals surface area contributed by atoms with E-state index >= 15 is 0 Å². The average molecular weight is 299 g/mol. The molecule has 0 saturated heterocycles. The van der Waals surface area contributed by atoms with E-state index in [1.807, 2.05) is 0 Å². The van der Waals surface area contributed by atoms with Gasteiger partial charge in [0, 0.05) is 19.2 Å². The number of anilines is 1. The summed E-state index contributed by atoms with van der Waals surface area (Å²) in [5.41, 5.74) is 0.625. The van der Waals surface area contributed by atoms with E-state index in [-0.39, 0.29) is 6.42 Å². The molecule has 2 N–H and O–H groups in total. The summed E-state index contributed by atoms with van der Waals surface area (Å²) in [5, 5.41) is 11.6. The molecule has 0 aromatic heterocycles. The number of carboxylic acids is 1. The van der Waals surface area contributed by atoms with Crippen LogP contribution in [0.2, 0.25) is 0 Å². The molecule has 0 atom stereocenters. The summed E-state index contributed by atoms with van der Waals surface area (Å²) >= 11 is 0. The van der Waals surface area contributed by atoms with Gasteiger partial charge < -0.3 is 10.4 Å². The summed E-state index contributed by atoms with van der Waals surface area (Å²) in [6.45, 7) is 0.680. The SMILES string of the molecule is CS(=O)(=O)c1ccccc1NCCCCCCC(=O)O. The van der Waals surface area contributed by atoms with Crippen LogP contribution in [-0.4, -0.2) is 32.3 Å². The molecule has 112 valence electrons. The zero-order chi connectivity index (χ0) is 15.0. The van der Waals surface area contributed by atoms with Crippen LogP contribution in [-0.2, 0) is 14.6 Å². The number of hydrogen-bond donors (Lipinski definition) is 2. The highest BCUT2D eigenvalue weighted by molar-refractivity contribution is 7.90. The third kappa shape index (κ3) is 6.06. The van der Waals surface area contributed by atoms with Crippen LogP contribution in [0.25, 0.3) is 0 Å². The van der Waals surface area contributed by atoms with E-state index in [9.17, 15) is 13.2 Å².